The number of aryl methyl sites for hydroxylation is 2. The van der Waals surface area contributed by atoms with E-state index >= 15 is 0 Å². The molecule has 0 spiro atoms. The molecule has 1 nitrogen and oxygen atoms in total. The predicted molar refractivity (Wildman–Crippen MR) is 89.5 cm³/mol. The number of rotatable bonds is 1. The maximum atomic E-state index is 2.54. The van der Waals surface area contributed by atoms with E-state index in [-0.39, 0.29) is 0 Å². The Morgan fingerprint density at radius 2 is 1.57 bits per heavy atom. The van der Waals surface area contributed by atoms with Gasteiger partial charge in [0.2, 0.25) is 0 Å². The van der Waals surface area contributed by atoms with Crippen LogP contribution in [0.1, 0.15) is 31.4 Å². The van der Waals surface area contributed by atoms with Crippen molar-refractivity contribution in [1.82, 2.24) is 4.57 Å². The fourth-order valence-electron chi connectivity index (χ4n) is 3.54. The summed E-state index contributed by atoms with van der Waals surface area (Å²) >= 11 is 0. The van der Waals surface area contributed by atoms with E-state index in [1.54, 1.807) is 0 Å². The van der Waals surface area contributed by atoms with Crippen LogP contribution in [0.4, 0.5) is 0 Å². The molecule has 1 aliphatic heterocycles. The van der Waals surface area contributed by atoms with Crippen molar-refractivity contribution in [2.45, 2.75) is 38.6 Å². The van der Waals surface area contributed by atoms with Crippen LogP contribution in [0.5, 0.6) is 0 Å². The Morgan fingerprint density at radius 3 is 2.48 bits per heavy atom. The summed E-state index contributed by atoms with van der Waals surface area (Å²) in [5, 5.41) is 1.40. The van der Waals surface area contributed by atoms with Crippen LogP contribution in [-0.4, -0.2) is 4.57 Å². The lowest BCUT2D eigenvalue weighted by Gasteiger charge is -2.14. The van der Waals surface area contributed by atoms with Gasteiger partial charge in [0.25, 0.3) is 0 Å². The van der Waals surface area contributed by atoms with Crippen molar-refractivity contribution in [1.29, 1.82) is 0 Å². The summed E-state index contributed by atoms with van der Waals surface area (Å²) in [6.07, 6.45) is 6.65. The highest BCUT2D eigenvalue weighted by atomic mass is 15.0. The van der Waals surface area contributed by atoms with Gasteiger partial charge in [0.15, 0.2) is 0 Å². The van der Waals surface area contributed by atoms with Crippen LogP contribution < -0.4 is 0 Å². The fraction of sp³-hybridized carbons (Fsp3) is 0.300. The zero-order valence-electron chi connectivity index (χ0n) is 12.4. The molecule has 106 valence electrons. The molecule has 2 heterocycles. The molecule has 1 aliphatic rings. The summed E-state index contributed by atoms with van der Waals surface area (Å²) in [6.45, 7) is 1.18. The zero-order valence-corrected chi connectivity index (χ0v) is 12.4. The number of hydrogen-bond acceptors (Lipinski definition) is 0. The van der Waals surface area contributed by atoms with Gasteiger partial charge in [-0.2, -0.15) is 0 Å². The SMILES string of the molecule is c1ccc(-c2ccc3c(c2)cc2n3CCCCCC2)cc1. The van der Waals surface area contributed by atoms with Gasteiger partial charge < -0.3 is 4.57 Å². The molecule has 0 unspecified atom stereocenters. The second-order valence-corrected chi connectivity index (χ2v) is 6.09. The van der Waals surface area contributed by atoms with Gasteiger partial charge in [-0.15, -0.1) is 0 Å². The van der Waals surface area contributed by atoms with E-state index in [2.05, 4.69) is 59.2 Å². The molecule has 0 atom stereocenters. The van der Waals surface area contributed by atoms with Crippen LogP contribution in [0.3, 0.4) is 0 Å². The first-order valence-corrected chi connectivity index (χ1v) is 8.09. The molecule has 1 aromatic heterocycles. The summed E-state index contributed by atoms with van der Waals surface area (Å²) in [5.41, 5.74) is 5.56. The van der Waals surface area contributed by atoms with Gasteiger partial charge in [-0.3, -0.25) is 0 Å². The number of fused-ring (bicyclic) bond motifs is 3. The number of hydrogen-bond donors (Lipinski definition) is 0. The Bertz CT molecular complexity index is 752. The summed E-state index contributed by atoms with van der Waals surface area (Å²) in [5.74, 6) is 0. The number of aromatic nitrogens is 1. The smallest absolute Gasteiger partial charge is 0.0482 e. The van der Waals surface area contributed by atoms with Gasteiger partial charge in [-0.25, -0.2) is 0 Å². The lowest BCUT2D eigenvalue weighted by molar-refractivity contribution is 0.532. The predicted octanol–water partition coefficient (Wildman–Crippen LogP) is 5.42. The minimum absolute atomic E-state index is 1.18. The second-order valence-electron chi connectivity index (χ2n) is 6.09. The highest BCUT2D eigenvalue weighted by Crippen LogP contribution is 2.29. The molecule has 1 heteroatoms. The van der Waals surface area contributed by atoms with Gasteiger partial charge >= 0.3 is 0 Å². The standard InChI is InChI=1S/C20H21N/c1-2-7-13-21-19(10-6-1)15-18-14-17(11-12-20(18)21)16-8-4-3-5-9-16/h3-5,8-9,11-12,14-15H,1-2,6-7,10,13H2. The largest absolute Gasteiger partial charge is 0.345 e. The van der Waals surface area contributed by atoms with Crippen molar-refractivity contribution in [3.8, 4) is 11.1 Å². The van der Waals surface area contributed by atoms with Crippen LogP contribution in [0.25, 0.3) is 22.0 Å². The van der Waals surface area contributed by atoms with E-state index in [4.69, 9.17) is 0 Å². The molecular weight excluding hydrogens is 254 g/mol. The first-order valence-electron chi connectivity index (χ1n) is 8.09. The Kier molecular flexibility index (Phi) is 3.27. The molecule has 4 rings (SSSR count). The summed E-state index contributed by atoms with van der Waals surface area (Å²) < 4.78 is 2.54. The van der Waals surface area contributed by atoms with Crippen molar-refractivity contribution < 1.29 is 0 Å². The molecule has 0 amide bonds. The lowest BCUT2D eigenvalue weighted by Crippen LogP contribution is -2.06. The van der Waals surface area contributed by atoms with Crippen LogP contribution in [0.15, 0.2) is 54.6 Å². The van der Waals surface area contributed by atoms with Crippen LogP contribution >= 0.6 is 0 Å². The van der Waals surface area contributed by atoms with Crippen molar-refractivity contribution in [3.05, 3.63) is 60.3 Å². The average Bonchev–Trinajstić information content (AvgIpc) is 2.84. The number of benzene rings is 2. The van der Waals surface area contributed by atoms with E-state index < -0.39 is 0 Å². The maximum absolute atomic E-state index is 2.54. The molecule has 0 saturated carbocycles. The third kappa shape index (κ3) is 2.37. The monoisotopic (exact) mass is 275 g/mol. The van der Waals surface area contributed by atoms with Gasteiger partial charge in [-0.05, 0) is 48.6 Å². The zero-order chi connectivity index (χ0) is 14.1. The van der Waals surface area contributed by atoms with Crippen molar-refractivity contribution >= 4 is 10.9 Å². The first kappa shape index (κ1) is 12.7. The lowest BCUT2D eigenvalue weighted by atomic mass is 10.0. The van der Waals surface area contributed by atoms with E-state index in [9.17, 15) is 0 Å². The van der Waals surface area contributed by atoms with E-state index in [1.807, 2.05) is 0 Å². The first-order chi connectivity index (χ1) is 10.4. The highest BCUT2D eigenvalue weighted by Gasteiger charge is 2.11. The topological polar surface area (TPSA) is 4.93 Å². The Labute approximate surface area is 126 Å². The summed E-state index contributed by atoms with van der Waals surface area (Å²) in [6, 6.07) is 20.0. The van der Waals surface area contributed by atoms with Gasteiger partial charge in [-0.1, -0.05) is 49.2 Å². The minimum atomic E-state index is 1.18. The molecule has 0 saturated heterocycles. The molecule has 21 heavy (non-hydrogen) atoms. The van der Waals surface area contributed by atoms with Gasteiger partial charge in [0, 0.05) is 23.1 Å². The van der Waals surface area contributed by atoms with E-state index in [0.29, 0.717) is 0 Å². The van der Waals surface area contributed by atoms with Crippen molar-refractivity contribution in [2.24, 2.45) is 0 Å². The molecule has 3 aromatic rings. The van der Waals surface area contributed by atoms with Crippen molar-refractivity contribution in [3.63, 3.8) is 0 Å². The third-order valence-corrected chi connectivity index (χ3v) is 4.66. The molecule has 2 aromatic carbocycles. The number of nitrogens with zero attached hydrogens (tertiary/aromatic N) is 1. The van der Waals surface area contributed by atoms with Crippen LogP contribution in [0, 0.1) is 0 Å². The quantitative estimate of drug-likeness (QED) is 0.558. The molecule has 0 radical (unpaired) electrons. The van der Waals surface area contributed by atoms with Crippen LogP contribution in [0.2, 0.25) is 0 Å². The Morgan fingerprint density at radius 1 is 0.714 bits per heavy atom. The summed E-state index contributed by atoms with van der Waals surface area (Å²) in [4.78, 5) is 0. The normalized spacial score (nSPS) is 15.4. The van der Waals surface area contributed by atoms with Crippen molar-refractivity contribution in [2.75, 3.05) is 0 Å². The molecule has 0 bridgehead atoms. The minimum Gasteiger partial charge on any atom is -0.345 e. The average molecular weight is 275 g/mol. The fourth-order valence-corrected chi connectivity index (χ4v) is 3.54. The highest BCUT2D eigenvalue weighted by molar-refractivity contribution is 5.86. The molecule has 0 fully saturated rings. The Hall–Kier alpha value is -2.02. The van der Waals surface area contributed by atoms with E-state index in [0.717, 1.165) is 0 Å². The summed E-state index contributed by atoms with van der Waals surface area (Å²) in [7, 11) is 0. The van der Waals surface area contributed by atoms with Crippen LogP contribution in [-0.2, 0) is 13.0 Å². The molecule has 0 aliphatic carbocycles. The molecular formula is C20H21N. The Balaban J connectivity index is 1.82. The third-order valence-electron chi connectivity index (χ3n) is 4.66. The second kappa shape index (κ2) is 5.40. The molecule has 0 N–H and O–H groups in total. The van der Waals surface area contributed by atoms with E-state index in [1.165, 1.54) is 66.4 Å². The van der Waals surface area contributed by atoms with Gasteiger partial charge in [0.1, 0.15) is 0 Å². The van der Waals surface area contributed by atoms with Gasteiger partial charge in [0.05, 0.1) is 0 Å². The maximum Gasteiger partial charge on any atom is 0.0482 e.